The van der Waals surface area contributed by atoms with E-state index in [0.717, 1.165) is 28.1 Å². The van der Waals surface area contributed by atoms with Crippen molar-refractivity contribution in [2.45, 2.75) is 19.9 Å². The molecule has 0 aliphatic carbocycles. The van der Waals surface area contributed by atoms with Crippen molar-refractivity contribution in [1.82, 2.24) is 14.5 Å². The second-order valence-electron chi connectivity index (χ2n) is 4.89. The quantitative estimate of drug-likeness (QED) is 0.731. The van der Waals surface area contributed by atoms with Gasteiger partial charge in [-0.05, 0) is 35.8 Å². The van der Waals surface area contributed by atoms with Gasteiger partial charge in [0.2, 0.25) is 0 Å². The van der Waals surface area contributed by atoms with Crippen molar-refractivity contribution in [3.63, 3.8) is 0 Å². The Balaban J connectivity index is 2.04. The third-order valence-electron chi connectivity index (χ3n) is 3.61. The minimum Gasteiger partial charge on any atom is -0.337 e. The summed E-state index contributed by atoms with van der Waals surface area (Å²) in [6.07, 6.45) is 4.78. The number of hydrogen-bond donors (Lipinski definition) is 1. The summed E-state index contributed by atoms with van der Waals surface area (Å²) in [5.74, 6) is 0. The van der Waals surface area contributed by atoms with Crippen LogP contribution in [0.1, 0.15) is 18.2 Å². The fraction of sp³-hybridized carbons (Fsp3) is 0.176. The van der Waals surface area contributed by atoms with Gasteiger partial charge in [0.05, 0.1) is 17.9 Å². The van der Waals surface area contributed by atoms with Crippen LogP contribution in [0.2, 0.25) is 0 Å². The predicted octanol–water partition coefficient (Wildman–Crippen LogP) is 4.22. The number of imidazole rings is 1. The van der Waals surface area contributed by atoms with Gasteiger partial charge in [-0.1, -0.05) is 43.3 Å². The van der Waals surface area contributed by atoms with Gasteiger partial charge >= 0.3 is 0 Å². The van der Waals surface area contributed by atoms with Gasteiger partial charge in [0.25, 0.3) is 0 Å². The molecule has 0 spiro atoms. The Morgan fingerprint density at radius 2 is 1.95 bits per heavy atom. The molecule has 0 saturated carbocycles. The summed E-state index contributed by atoms with van der Waals surface area (Å²) in [6.45, 7) is 2.84. The Morgan fingerprint density at radius 3 is 2.71 bits per heavy atom. The van der Waals surface area contributed by atoms with Crippen LogP contribution >= 0.6 is 12.2 Å². The molecule has 0 aliphatic heterocycles. The van der Waals surface area contributed by atoms with Crippen LogP contribution in [0.25, 0.3) is 11.3 Å². The summed E-state index contributed by atoms with van der Waals surface area (Å²) in [5, 5.41) is 0. The number of hydrogen-bond acceptors (Lipinski definition) is 2. The van der Waals surface area contributed by atoms with E-state index in [1.807, 2.05) is 36.7 Å². The van der Waals surface area contributed by atoms with Crippen LogP contribution in [0.3, 0.4) is 0 Å². The van der Waals surface area contributed by atoms with E-state index >= 15 is 0 Å². The highest BCUT2D eigenvalue weighted by atomic mass is 32.1. The molecule has 0 amide bonds. The van der Waals surface area contributed by atoms with Gasteiger partial charge in [-0.2, -0.15) is 0 Å². The molecule has 3 aromatic rings. The van der Waals surface area contributed by atoms with E-state index in [9.17, 15) is 0 Å². The Hall–Kier alpha value is -2.20. The maximum atomic E-state index is 5.43. The number of pyridine rings is 1. The Morgan fingerprint density at radius 1 is 1.14 bits per heavy atom. The minimum absolute atomic E-state index is 0.691. The zero-order chi connectivity index (χ0) is 14.7. The van der Waals surface area contributed by atoms with Crippen molar-refractivity contribution < 1.29 is 0 Å². The third kappa shape index (κ3) is 2.81. The van der Waals surface area contributed by atoms with E-state index in [1.54, 1.807) is 0 Å². The zero-order valence-electron chi connectivity index (χ0n) is 11.9. The monoisotopic (exact) mass is 295 g/mol. The van der Waals surface area contributed by atoms with Crippen molar-refractivity contribution in [2.24, 2.45) is 0 Å². The first-order chi connectivity index (χ1) is 10.3. The lowest BCUT2D eigenvalue weighted by Crippen LogP contribution is -2.06. The molecule has 1 aromatic carbocycles. The van der Waals surface area contributed by atoms with Crippen LogP contribution in [0.5, 0.6) is 0 Å². The van der Waals surface area contributed by atoms with Gasteiger partial charge in [-0.25, -0.2) is 0 Å². The standard InChI is InChI=1S/C17H17N3S/c1-2-13-9-6-10-18-15(13)12-20-16(11-19-17(20)21)14-7-4-3-5-8-14/h3-11H,2,12H2,1H3,(H,19,21). The largest absolute Gasteiger partial charge is 0.337 e. The van der Waals surface area contributed by atoms with E-state index in [4.69, 9.17) is 12.2 Å². The summed E-state index contributed by atoms with van der Waals surface area (Å²) >= 11 is 5.43. The molecule has 0 unspecified atom stereocenters. The zero-order valence-corrected chi connectivity index (χ0v) is 12.7. The van der Waals surface area contributed by atoms with Gasteiger partial charge < -0.3 is 9.55 Å². The van der Waals surface area contributed by atoms with E-state index in [1.165, 1.54) is 5.56 Å². The summed E-state index contributed by atoms with van der Waals surface area (Å²) in [4.78, 5) is 7.66. The van der Waals surface area contributed by atoms with Crippen LogP contribution in [0, 0.1) is 4.77 Å². The normalized spacial score (nSPS) is 10.7. The molecule has 0 aliphatic rings. The number of nitrogens with one attached hydrogen (secondary N) is 1. The smallest absolute Gasteiger partial charge is 0.177 e. The number of nitrogens with zero attached hydrogens (tertiary/aromatic N) is 2. The molecule has 0 radical (unpaired) electrons. The Labute approximate surface area is 129 Å². The highest BCUT2D eigenvalue weighted by Gasteiger charge is 2.09. The molecule has 0 fully saturated rings. The minimum atomic E-state index is 0.691. The van der Waals surface area contributed by atoms with Gasteiger partial charge in [0.1, 0.15) is 0 Å². The second kappa shape index (κ2) is 6.06. The molecule has 21 heavy (non-hydrogen) atoms. The number of H-pyrrole nitrogens is 1. The molecule has 106 valence electrons. The summed E-state index contributed by atoms with van der Waals surface area (Å²) in [5.41, 5.74) is 4.58. The fourth-order valence-electron chi connectivity index (χ4n) is 2.49. The predicted molar refractivity (Wildman–Crippen MR) is 87.8 cm³/mol. The second-order valence-corrected chi connectivity index (χ2v) is 5.28. The molecule has 2 aromatic heterocycles. The van der Waals surface area contributed by atoms with Crippen LogP contribution in [-0.2, 0) is 13.0 Å². The molecular weight excluding hydrogens is 278 g/mol. The van der Waals surface area contributed by atoms with Gasteiger partial charge in [-0.15, -0.1) is 0 Å². The van der Waals surface area contributed by atoms with E-state index in [-0.39, 0.29) is 0 Å². The first kappa shape index (κ1) is 13.8. The molecule has 3 rings (SSSR count). The maximum absolute atomic E-state index is 5.43. The molecule has 1 N–H and O–H groups in total. The van der Waals surface area contributed by atoms with Gasteiger partial charge in [-0.3, -0.25) is 4.98 Å². The van der Waals surface area contributed by atoms with Crippen molar-refractivity contribution >= 4 is 12.2 Å². The molecule has 0 saturated heterocycles. The van der Waals surface area contributed by atoms with Crippen molar-refractivity contribution in [3.05, 3.63) is 70.9 Å². The first-order valence-corrected chi connectivity index (χ1v) is 7.47. The van der Waals surface area contributed by atoms with Crippen molar-refractivity contribution in [1.29, 1.82) is 0 Å². The molecule has 4 heteroatoms. The van der Waals surface area contributed by atoms with Gasteiger partial charge in [0, 0.05) is 12.4 Å². The molecular formula is C17H17N3S. The first-order valence-electron chi connectivity index (χ1n) is 7.06. The number of aromatic amines is 1. The lowest BCUT2D eigenvalue weighted by molar-refractivity contribution is 0.756. The van der Waals surface area contributed by atoms with E-state index in [2.05, 4.69) is 39.7 Å². The number of rotatable bonds is 4. The Kier molecular flexibility index (Phi) is 3.97. The number of aryl methyl sites for hydroxylation is 1. The highest BCUT2D eigenvalue weighted by Crippen LogP contribution is 2.21. The number of benzene rings is 1. The lowest BCUT2D eigenvalue weighted by Gasteiger charge is -2.11. The summed E-state index contributed by atoms with van der Waals surface area (Å²) in [6, 6.07) is 14.4. The molecule has 0 atom stereocenters. The average molecular weight is 295 g/mol. The van der Waals surface area contributed by atoms with Crippen LogP contribution in [-0.4, -0.2) is 14.5 Å². The van der Waals surface area contributed by atoms with Crippen LogP contribution in [0.15, 0.2) is 54.9 Å². The summed E-state index contributed by atoms with van der Waals surface area (Å²) in [7, 11) is 0. The fourth-order valence-corrected chi connectivity index (χ4v) is 2.71. The van der Waals surface area contributed by atoms with Crippen LogP contribution in [0.4, 0.5) is 0 Å². The molecule has 2 heterocycles. The number of aromatic nitrogens is 3. The SMILES string of the molecule is CCc1cccnc1Cn1c(-c2ccccc2)c[nH]c1=S. The Bertz CT molecular complexity index is 787. The van der Waals surface area contributed by atoms with Crippen LogP contribution < -0.4 is 0 Å². The molecule has 0 bridgehead atoms. The lowest BCUT2D eigenvalue weighted by atomic mass is 10.1. The van der Waals surface area contributed by atoms with Crippen molar-refractivity contribution in [2.75, 3.05) is 0 Å². The molecule has 3 nitrogen and oxygen atoms in total. The maximum Gasteiger partial charge on any atom is 0.177 e. The van der Waals surface area contributed by atoms with E-state index < -0.39 is 0 Å². The van der Waals surface area contributed by atoms with Gasteiger partial charge in [0.15, 0.2) is 4.77 Å². The average Bonchev–Trinajstić information content (AvgIpc) is 2.90. The van der Waals surface area contributed by atoms with E-state index in [0.29, 0.717) is 6.54 Å². The third-order valence-corrected chi connectivity index (χ3v) is 3.95. The van der Waals surface area contributed by atoms with Crippen molar-refractivity contribution in [3.8, 4) is 11.3 Å². The summed E-state index contributed by atoms with van der Waals surface area (Å²) < 4.78 is 2.83. The highest BCUT2D eigenvalue weighted by molar-refractivity contribution is 7.71. The topological polar surface area (TPSA) is 33.6 Å².